The fraction of sp³-hybridized carbons (Fsp3) is 0. The van der Waals surface area contributed by atoms with Gasteiger partial charge in [0.1, 0.15) is 10.0 Å². The number of hydrogen-bond acceptors (Lipinski definition) is 5. The topological polar surface area (TPSA) is 30.7 Å². The third-order valence-electron chi connectivity index (χ3n) is 9.67. The Bertz CT molecular complexity index is 3110. The first-order chi connectivity index (χ1) is 24.7. The molecule has 4 aromatic heterocycles. The zero-order valence-electron chi connectivity index (χ0n) is 26.5. The first-order valence-electron chi connectivity index (χ1n) is 16.6. The maximum absolute atomic E-state index is 5.09. The summed E-state index contributed by atoms with van der Waals surface area (Å²) in [4.78, 5) is 10.2. The summed E-state index contributed by atoms with van der Waals surface area (Å²) in [7, 11) is 0. The summed E-state index contributed by atoms with van der Waals surface area (Å²) < 4.78 is 7.38. The molecule has 234 valence electrons. The highest BCUT2D eigenvalue weighted by Crippen LogP contribution is 2.41. The molecule has 0 aliphatic heterocycles. The molecule has 50 heavy (non-hydrogen) atoms. The normalized spacial score (nSPS) is 12.0. The zero-order valence-corrected chi connectivity index (χ0v) is 28.9. The van der Waals surface area contributed by atoms with Gasteiger partial charge in [-0.1, -0.05) is 66.7 Å². The Morgan fingerprint density at radius 3 is 1.74 bits per heavy atom. The van der Waals surface area contributed by atoms with Gasteiger partial charge in [-0.15, -0.1) is 34.0 Å². The molecule has 0 amide bonds. The minimum Gasteiger partial charge on any atom is -0.309 e. The van der Waals surface area contributed by atoms with Crippen LogP contribution < -0.4 is 0 Å². The van der Waals surface area contributed by atoms with Gasteiger partial charge in [0.15, 0.2) is 0 Å². The summed E-state index contributed by atoms with van der Waals surface area (Å²) in [5, 5.41) is 7.19. The molecule has 4 heterocycles. The average Bonchev–Trinajstić information content (AvgIpc) is 3.95. The van der Waals surface area contributed by atoms with Gasteiger partial charge in [-0.05, 0) is 96.1 Å². The maximum Gasteiger partial charge on any atom is 0.124 e. The highest BCUT2D eigenvalue weighted by atomic mass is 32.1. The summed E-state index contributed by atoms with van der Waals surface area (Å²) in [6.45, 7) is 0. The second-order valence-electron chi connectivity index (χ2n) is 12.6. The highest BCUT2D eigenvalue weighted by Gasteiger charge is 2.16. The summed E-state index contributed by atoms with van der Waals surface area (Å²) >= 11 is 5.36. The molecule has 0 saturated heterocycles. The van der Waals surface area contributed by atoms with E-state index in [0.29, 0.717) is 0 Å². The molecule has 0 bridgehead atoms. The molecular formula is C44H25N3S3. The summed E-state index contributed by atoms with van der Waals surface area (Å²) in [5.74, 6) is 0. The average molecular weight is 692 g/mol. The Kier molecular flexibility index (Phi) is 6.16. The predicted molar refractivity (Wildman–Crippen MR) is 216 cm³/mol. The minimum atomic E-state index is 1.01. The fourth-order valence-corrected chi connectivity index (χ4v) is 10.4. The monoisotopic (exact) mass is 691 g/mol. The standard InChI is InChI=1S/C44H25N3S3/c1-2-8-30(9-3-1)47-37-12-6-4-10-31(37)33-23-28(16-20-38(33)47)43-45-36-19-15-29(25-42(36)50-43)44-46-35-18-14-27(24-41(35)49-44)26-17-21-40-34(22-26)32-11-5-7-13-39(32)48-40/h1-25H. The maximum atomic E-state index is 5.09. The lowest BCUT2D eigenvalue weighted by Crippen LogP contribution is -1.92. The van der Waals surface area contributed by atoms with Gasteiger partial charge in [0.2, 0.25) is 0 Å². The Hall–Kier alpha value is -5.66. The van der Waals surface area contributed by atoms with Gasteiger partial charge < -0.3 is 4.57 Å². The lowest BCUT2D eigenvalue weighted by Gasteiger charge is -2.07. The van der Waals surface area contributed by atoms with E-state index in [4.69, 9.17) is 9.97 Å². The van der Waals surface area contributed by atoms with E-state index >= 15 is 0 Å². The van der Waals surface area contributed by atoms with Gasteiger partial charge in [-0.3, -0.25) is 0 Å². The van der Waals surface area contributed by atoms with Crippen LogP contribution in [0.5, 0.6) is 0 Å². The molecule has 11 aromatic rings. The summed E-state index contributed by atoms with van der Waals surface area (Å²) in [6, 6.07) is 54.8. The van der Waals surface area contributed by atoms with Crippen LogP contribution in [-0.2, 0) is 0 Å². The van der Waals surface area contributed by atoms with Gasteiger partial charge in [-0.25, -0.2) is 9.97 Å². The van der Waals surface area contributed by atoms with Crippen molar-refractivity contribution in [1.82, 2.24) is 14.5 Å². The van der Waals surface area contributed by atoms with Crippen molar-refractivity contribution in [3.8, 4) is 38.0 Å². The molecule has 0 atom stereocenters. The molecule has 0 aliphatic carbocycles. The van der Waals surface area contributed by atoms with Gasteiger partial charge in [0.05, 0.1) is 31.5 Å². The molecule has 0 N–H and O–H groups in total. The van der Waals surface area contributed by atoms with E-state index in [1.807, 2.05) is 11.3 Å². The van der Waals surface area contributed by atoms with E-state index < -0.39 is 0 Å². The van der Waals surface area contributed by atoms with Crippen LogP contribution in [-0.4, -0.2) is 14.5 Å². The number of nitrogens with zero attached hydrogens (tertiary/aromatic N) is 3. The largest absolute Gasteiger partial charge is 0.309 e. The molecule has 0 fully saturated rings. The Balaban J connectivity index is 0.953. The van der Waals surface area contributed by atoms with E-state index in [1.54, 1.807) is 22.7 Å². The summed E-state index contributed by atoms with van der Waals surface area (Å²) in [6.07, 6.45) is 0. The van der Waals surface area contributed by atoms with E-state index in [9.17, 15) is 0 Å². The van der Waals surface area contributed by atoms with E-state index in [2.05, 4.69) is 156 Å². The predicted octanol–water partition coefficient (Wildman–Crippen LogP) is 13.4. The summed E-state index contributed by atoms with van der Waals surface area (Å²) in [5.41, 5.74) is 10.3. The van der Waals surface area contributed by atoms with Crippen molar-refractivity contribution < 1.29 is 0 Å². The minimum absolute atomic E-state index is 1.01. The molecule has 0 radical (unpaired) electrons. The van der Waals surface area contributed by atoms with Gasteiger partial charge in [-0.2, -0.15) is 0 Å². The smallest absolute Gasteiger partial charge is 0.124 e. The van der Waals surface area contributed by atoms with Gasteiger partial charge in [0, 0.05) is 47.8 Å². The molecule has 6 heteroatoms. The molecule has 0 unspecified atom stereocenters. The molecule has 0 spiro atoms. The van der Waals surface area contributed by atoms with E-state index in [1.165, 1.54) is 68.2 Å². The van der Waals surface area contributed by atoms with Crippen molar-refractivity contribution in [2.75, 3.05) is 0 Å². The third kappa shape index (κ3) is 4.39. The molecule has 0 saturated carbocycles. The number of aromatic nitrogens is 3. The lowest BCUT2D eigenvalue weighted by atomic mass is 10.0. The van der Waals surface area contributed by atoms with Crippen molar-refractivity contribution in [1.29, 1.82) is 0 Å². The van der Waals surface area contributed by atoms with E-state index in [-0.39, 0.29) is 0 Å². The Morgan fingerprint density at radius 2 is 0.920 bits per heavy atom. The quantitative estimate of drug-likeness (QED) is 0.184. The van der Waals surface area contributed by atoms with Crippen molar-refractivity contribution in [2.24, 2.45) is 0 Å². The number of rotatable bonds is 4. The molecular weight excluding hydrogens is 667 g/mol. The van der Waals surface area contributed by atoms with Crippen LogP contribution in [0.4, 0.5) is 0 Å². The number of thiophene rings is 1. The van der Waals surface area contributed by atoms with E-state index in [0.717, 1.165) is 32.2 Å². The van der Waals surface area contributed by atoms with Crippen molar-refractivity contribution >= 4 is 96.4 Å². The van der Waals surface area contributed by atoms with Gasteiger partial charge in [0.25, 0.3) is 0 Å². The van der Waals surface area contributed by atoms with Crippen LogP contribution in [0.1, 0.15) is 0 Å². The first-order valence-corrected chi connectivity index (χ1v) is 19.0. The second kappa shape index (κ2) is 10.9. The first kappa shape index (κ1) is 28.2. The number of fused-ring (bicyclic) bond motifs is 8. The third-order valence-corrected chi connectivity index (χ3v) is 13.0. The highest BCUT2D eigenvalue weighted by molar-refractivity contribution is 7.25. The van der Waals surface area contributed by atoms with Crippen LogP contribution in [0.2, 0.25) is 0 Å². The number of thiazole rings is 2. The molecule has 11 rings (SSSR count). The second-order valence-corrected chi connectivity index (χ2v) is 15.8. The van der Waals surface area contributed by atoms with Crippen molar-refractivity contribution in [3.05, 3.63) is 152 Å². The molecule has 0 aliphatic rings. The number of para-hydroxylation sites is 2. The molecule has 3 nitrogen and oxygen atoms in total. The van der Waals surface area contributed by atoms with Crippen LogP contribution in [0.25, 0.3) is 100 Å². The number of hydrogen-bond donors (Lipinski definition) is 0. The number of benzene rings is 7. The lowest BCUT2D eigenvalue weighted by molar-refractivity contribution is 1.18. The zero-order chi connectivity index (χ0) is 32.8. The van der Waals surface area contributed by atoms with Crippen LogP contribution >= 0.6 is 34.0 Å². The fourth-order valence-electron chi connectivity index (χ4n) is 7.28. The van der Waals surface area contributed by atoms with Crippen LogP contribution in [0.3, 0.4) is 0 Å². The van der Waals surface area contributed by atoms with Crippen molar-refractivity contribution in [3.63, 3.8) is 0 Å². The Morgan fingerprint density at radius 1 is 0.360 bits per heavy atom. The van der Waals surface area contributed by atoms with Crippen LogP contribution in [0, 0.1) is 0 Å². The van der Waals surface area contributed by atoms with Gasteiger partial charge >= 0.3 is 0 Å². The Labute approximate surface area is 299 Å². The van der Waals surface area contributed by atoms with Crippen molar-refractivity contribution in [2.45, 2.75) is 0 Å². The van der Waals surface area contributed by atoms with Crippen LogP contribution in [0.15, 0.2) is 152 Å². The molecule has 7 aromatic carbocycles. The SMILES string of the molecule is c1ccc(-n2c3ccccc3c3cc(-c4nc5ccc(-c6nc7ccc(-c8ccc9sc%10ccccc%10c9c8)cc7s6)cc5s4)ccc32)cc1.